The Bertz CT molecular complexity index is 1040. The number of sulfonamides is 1. The molecule has 3 rings (SSSR count). The Morgan fingerprint density at radius 2 is 1.76 bits per heavy atom. The van der Waals surface area contributed by atoms with Crippen LogP contribution < -0.4 is 0 Å². The van der Waals surface area contributed by atoms with Gasteiger partial charge in [0.25, 0.3) is 0 Å². The molecule has 29 heavy (non-hydrogen) atoms. The van der Waals surface area contributed by atoms with E-state index in [0.29, 0.717) is 19.4 Å². The standard InChI is InChI=1S/C22H25N3O3S/c1-17-7-3-4-9-20(17)16-24(2)22(26)18-11-13-25(14-12-18)29(27,28)21-10-6-5-8-19(21)15-23/h3-10,18H,11-14,16H2,1-2H3. The summed E-state index contributed by atoms with van der Waals surface area (Å²) in [7, 11) is -1.95. The quantitative estimate of drug-likeness (QED) is 0.758. The molecule has 0 atom stereocenters. The van der Waals surface area contributed by atoms with Crippen LogP contribution in [0.5, 0.6) is 0 Å². The molecule has 1 saturated heterocycles. The molecule has 0 spiro atoms. The molecule has 1 fully saturated rings. The lowest BCUT2D eigenvalue weighted by Gasteiger charge is -2.32. The number of rotatable bonds is 5. The maximum Gasteiger partial charge on any atom is 0.244 e. The third kappa shape index (κ3) is 4.50. The third-order valence-corrected chi connectivity index (χ3v) is 7.43. The number of hydrogen-bond donors (Lipinski definition) is 0. The number of carbonyl (C=O) groups is 1. The molecule has 0 aliphatic carbocycles. The van der Waals surface area contributed by atoms with Gasteiger partial charge in [0.2, 0.25) is 15.9 Å². The van der Waals surface area contributed by atoms with Gasteiger partial charge in [0.15, 0.2) is 0 Å². The van der Waals surface area contributed by atoms with E-state index in [4.69, 9.17) is 0 Å². The molecule has 152 valence electrons. The zero-order valence-electron chi connectivity index (χ0n) is 16.7. The van der Waals surface area contributed by atoms with Gasteiger partial charge in [-0.3, -0.25) is 4.79 Å². The van der Waals surface area contributed by atoms with E-state index < -0.39 is 10.0 Å². The minimum atomic E-state index is -3.74. The summed E-state index contributed by atoms with van der Waals surface area (Å²) in [5, 5.41) is 9.21. The first kappa shape index (κ1) is 21.0. The minimum absolute atomic E-state index is 0.0314. The molecule has 0 unspecified atom stereocenters. The van der Waals surface area contributed by atoms with Gasteiger partial charge in [-0.05, 0) is 43.0 Å². The van der Waals surface area contributed by atoms with E-state index in [1.165, 1.54) is 16.4 Å². The number of nitrogens with zero attached hydrogens (tertiary/aromatic N) is 3. The third-order valence-electron chi connectivity index (χ3n) is 5.47. The molecule has 1 heterocycles. The van der Waals surface area contributed by atoms with E-state index in [-0.39, 0.29) is 35.4 Å². The number of piperidine rings is 1. The van der Waals surface area contributed by atoms with E-state index in [1.54, 1.807) is 24.1 Å². The molecule has 2 aromatic carbocycles. The van der Waals surface area contributed by atoms with Crippen molar-refractivity contribution in [2.45, 2.75) is 31.2 Å². The van der Waals surface area contributed by atoms with Gasteiger partial charge in [0, 0.05) is 32.6 Å². The zero-order chi connectivity index (χ0) is 21.0. The van der Waals surface area contributed by atoms with Crippen molar-refractivity contribution in [2.24, 2.45) is 5.92 Å². The van der Waals surface area contributed by atoms with Crippen molar-refractivity contribution in [3.05, 3.63) is 65.2 Å². The van der Waals surface area contributed by atoms with Crippen LogP contribution in [0.3, 0.4) is 0 Å². The van der Waals surface area contributed by atoms with Crippen LogP contribution in [0.25, 0.3) is 0 Å². The van der Waals surface area contributed by atoms with Gasteiger partial charge < -0.3 is 4.90 Å². The highest BCUT2D eigenvalue weighted by molar-refractivity contribution is 7.89. The van der Waals surface area contributed by atoms with Crippen molar-refractivity contribution >= 4 is 15.9 Å². The van der Waals surface area contributed by atoms with Crippen LogP contribution in [0.4, 0.5) is 0 Å². The van der Waals surface area contributed by atoms with Crippen LogP contribution in [0.2, 0.25) is 0 Å². The second-order valence-corrected chi connectivity index (χ2v) is 9.31. The van der Waals surface area contributed by atoms with E-state index in [9.17, 15) is 18.5 Å². The summed E-state index contributed by atoms with van der Waals surface area (Å²) in [5.74, 6) is -0.149. The summed E-state index contributed by atoms with van der Waals surface area (Å²) in [6, 6.07) is 16.1. The SMILES string of the molecule is Cc1ccccc1CN(C)C(=O)C1CCN(S(=O)(=O)c2ccccc2C#N)CC1. The van der Waals surface area contributed by atoms with Crippen molar-refractivity contribution in [3.8, 4) is 6.07 Å². The van der Waals surface area contributed by atoms with Gasteiger partial charge >= 0.3 is 0 Å². The molecule has 6 nitrogen and oxygen atoms in total. The Hall–Kier alpha value is -2.69. The first-order chi connectivity index (χ1) is 13.8. The molecule has 0 aromatic heterocycles. The summed E-state index contributed by atoms with van der Waals surface area (Å²) in [6.07, 6.45) is 0.954. The van der Waals surface area contributed by atoms with Crippen LogP contribution in [-0.4, -0.2) is 43.7 Å². The van der Waals surface area contributed by atoms with E-state index in [2.05, 4.69) is 0 Å². The Morgan fingerprint density at radius 1 is 1.14 bits per heavy atom. The van der Waals surface area contributed by atoms with Crippen molar-refractivity contribution in [1.82, 2.24) is 9.21 Å². The second kappa shape index (κ2) is 8.76. The molecule has 0 saturated carbocycles. The molecule has 0 bridgehead atoms. The minimum Gasteiger partial charge on any atom is -0.341 e. The summed E-state index contributed by atoms with van der Waals surface area (Å²) in [5.41, 5.74) is 2.39. The van der Waals surface area contributed by atoms with Gasteiger partial charge in [-0.15, -0.1) is 0 Å². The molecular weight excluding hydrogens is 386 g/mol. The lowest BCUT2D eigenvalue weighted by atomic mass is 9.96. The normalized spacial score (nSPS) is 15.6. The second-order valence-electron chi connectivity index (χ2n) is 7.41. The lowest BCUT2D eigenvalue weighted by molar-refractivity contribution is -0.135. The van der Waals surface area contributed by atoms with Crippen molar-refractivity contribution in [2.75, 3.05) is 20.1 Å². The molecule has 1 aliphatic rings. The first-order valence-electron chi connectivity index (χ1n) is 9.63. The molecule has 2 aromatic rings. The summed E-state index contributed by atoms with van der Waals surface area (Å²) >= 11 is 0. The van der Waals surface area contributed by atoms with Crippen LogP contribution in [0, 0.1) is 24.2 Å². The topological polar surface area (TPSA) is 81.5 Å². The van der Waals surface area contributed by atoms with E-state index in [0.717, 1.165) is 11.1 Å². The smallest absolute Gasteiger partial charge is 0.244 e. The van der Waals surface area contributed by atoms with Gasteiger partial charge in [-0.2, -0.15) is 9.57 Å². The van der Waals surface area contributed by atoms with E-state index >= 15 is 0 Å². The maximum absolute atomic E-state index is 12.9. The molecule has 0 radical (unpaired) electrons. The summed E-state index contributed by atoms with van der Waals surface area (Å²) in [6.45, 7) is 3.11. The molecule has 1 amide bonds. The van der Waals surface area contributed by atoms with Crippen LogP contribution in [0.1, 0.15) is 29.5 Å². The Kier molecular flexibility index (Phi) is 6.36. The van der Waals surface area contributed by atoms with Gasteiger partial charge in [-0.25, -0.2) is 8.42 Å². The lowest BCUT2D eigenvalue weighted by Crippen LogP contribution is -2.43. The van der Waals surface area contributed by atoms with E-state index in [1.807, 2.05) is 37.3 Å². The Morgan fingerprint density at radius 3 is 2.41 bits per heavy atom. The molecular formula is C22H25N3O3S. The molecule has 7 heteroatoms. The van der Waals surface area contributed by atoms with Crippen molar-refractivity contribution < 1.29 is 13.2 Å². The fourth-order valence-electron chi connectivity index (χ4n) is 3.70. The highest BCUT2D eigenvalue weighted by Gasteiger charge is 2.34. The largest absolute Gasteiger partial charge is 0.341 e. The van der Waals surface area contributed by atoms with Gasteiger partial charge in [0.05, 0.1) is 10.5 Å². The zero-order valence-corrected chi connectivity index (χ0v) is 17.5. The number of carbonyl (C=O) groups excluding carboxylic acids is 1. The molecule has 1 aliphatic heterocycles. The fraction of sp³-hybridized carbons (Fsp3) is 0.364. The predicted molar refractivity (Wildman–Crippen MR) is 110 cm³/mol. The van der Waals surface area contributed by atoms with Gasteiger partial charge in [0.1, 0.15) is 6.07 Å². The number of nitriles is 1. The van der Waals surface area contributed by atoms with Crippen molar-refractivity contribution in [3.63, 3.8) is 0 Å². The number of hydrogen-bond acceptors (Lipinski definition) is 4. The first-order valence-corrected chi connectivity index (χ1v) is 11.1. The average molecular weight is 412 g/mol. The van der Waals surface area contributed by atoms with Crippen LogP contribution in [0.15, 0.2) is 53.4 Å². The van der Waals surface area contributed by atoms with Crippen LogP contribution in [-0.2, 0) is 21.4 Å². The monoisotopic (exact) mass is 411 g/mol. The summed E-state index contributed by atoms with van der Waals surface area (Å²) < 4.78 is 27.3. The summed E-state index contributed by atoms with van der Waals surface area (Å²) in [4.78, 5) is 14.6. The highest BCUT2D eigenvalue weighted by Crippen LogP contribution is 2.27. The Labute approximate surface area is 172 Å². The van der Waals surface area contributed by atoms with Gasteiger partial charge in [-0.1, -0.05) is 36.4 Å². The van der Waals surface area contributed by atoms with Crippen molar-refractivity contribution in [1.29, 1.82) is 5.26 Å². The average Bonchev–Trinajstić information content (AvgIpc) is 2.74. The van der Waals surface area contributed by atoms with Crippen LogP contribution >= 0.6 is 0 Å². The number of aryl methyl sites for hydroxylation is 1. The number of amides is 1. The number of benzene rings is 2. The highest BCUT2D eigenvalue weighted by atomic mass is 32.2. The Balaban J connectivity index is 1.65. The maximum atomic E-state index is 12.9. The fourth-order valence-corrected chi connectivity index (χ4v) is 5.31. The predicted octanol–water partition coefficient (Wildman–Crippen LogP) is 2.93. The molecule has 0 N–H and O–H groups in total.